The summed E-state index contributed by atoms with van der Waals surface area (Å²) in [6.07, 6.45) is 1.06. The maximum absolute atomic E-state index is 5.97. The van der Waals surface area contributed by atoms with Crippen LogP contribution >= 0.6 is 0 Å². The fourth-order valence-corrected chi connectivity index (χ4v) is 2.97. The van der Waals surface area contributed by atoms with Crippen molar-refractivity contribution in [2.24, 2.45) is 5.92 Å². The monoisotopic (exact) mass is 252 g/mol. The molecule has 0 bridgehead atoms. The van der Waals surface area contributed by atoms with E-state index in [1.54, 1.807) is 0 Å². The van der Waals surface area contributed by atoms with E-state index >= 15 is 0 Å². The molecule has 0 atom stereocenters. The summed E-state index contributed by atoms with van der Waals surface area (Å²) in [5.41, 5.74) is 1.33. The van der Waals surface area contributed by atoms with E-state index < -0.39 is 8.56 Å². The molecule has 0 heterocycles. The fourth-order valence-electron chi connectivity index (χ4n) is 1.47. The second-order valence-electron chi connectivity index (χ2n) is 5.20. The molecule has 3 heteroatoms. The lowest BCUT2D eigenvalue weighted by molar-refractivity contribution is 0.216. The molecule has 0 aliphatic carbocycles. The van der Waals surface area contributed by atoms with Crippen LogP contribution in [0.3, 0.4) is 0 Å². The summed E-state index contributed by atoms with van der Waals surface area (Å²) in [7, 11) is -2.03. The second-order valence-corrected chi connectivity index (χ2v) is 8.50. The lowest BCUT2D eigenvalue weighted by Crippen LogP contribution is -2.39. The highest BCUT2D eigenvalue weighted by molar-refractivity contribution is 6.65. The van der Waals surface area contributed by atoms with Crippen LogP contribution in [0.25, 0.3) is 0 Å². The van der Waals surface area contributed by atoms with Crippen LogP contribution in [0.1, 0.15) is 26.3 Å². The van der Waals surface area contributed by atoms with E-state index in [0.717, 1.165) is 18.8 Å². The van der Waals surface area contributed by atoms with Gasteiger partial charge in [0, 0.05) is 6.61 Å². The molecular weight excluding hydrogens is 228 g/mol. The van der Waals surface area contributed by atoms with Gasteiger partial charge in [-0.2, -0.15) is 0 Å². The van der Waals surface area contributed by atoms with Gasteiger partial charge < -0.3 is 8.85 Å². The summed E-state index contributed by atoms with van der Waals surface area (Å²) in [6.45, 7) is 11.4. The zero-order valence-corrected chi connectivity index (χ0v) is 12.6. The smallest absolute Gasteiger partial charge is 0.392 e. The molecule has 0 saturated heterocycles. The molecule has 1 aromatic carbocycles. The summed E-state index contributed by atoms with van der Waals surface area (Å²) in [4.78, 5) is 0. The number of benzene rings is 1. The van der Waals surface area contributed by atoms with Crippen LogP contribution in [0.2, 0.25) is 13.1 Å². The predicted molar refractivity (Wildman–Crippen MR) is 74.7 cm³/mol. The van der Waals surface area contributed by atoms with Gasteiger partial charge in [0.25, 0.3) is 0 Å². The molecule has 0 radical (unpaired) electrons. The van der Waals surface area contributed by atoms with Crippen molar-refractivity contribution in [3.63, 3.8) is 0 Å². The van der Waals surface area contributed by atoms with E-state index in [1.807, 2.05) is 12.1 Å². The van der Waals surface area contributed by atoms with Crippen molar-refractivity contribution in [3.05, 3.63) is 29.8 Å². The average molecular weight is 252 g/mol. The Morgan fingerprint density at radius 1 is 1.12 bits per heavy atom. The number of hydrogen-bond donors (Lipinski definition) is 0. The first-order valence-corrected chi connectivity index (χ1v) is 9.16. The highest BCUT2D eigenvalue weighted by atomic mass is 28.4. The van der Waals surface area contributed by atoms with Gasteiger partial charge >= 0.3 is 8.56 Å². The van der Waals surface area contributed by atoms with Gasteiger partial charge in [0.05, 0.1) is 0 Å². The van der Waals surface area contributed by atoms with Crippen LogP contribution in [-0.4, -0.2) is 15.2 Å². The third kappa shape index (κ3) is 5.37. The molecular formula is C14H24O2Si. The zero-order valence-electron chi connectivity index (χ0n) is 11.6. The minimum Gasteiger partial charge on any atom is -0.520 e. The lowest BCUT2D eigenvalue weighted by atomic mass is 10.2. The molecule has 1 aromatic rings. The molecule has 0 spiro atoms. The molecule has 0 amide bonds. The Bertz CT molecular complexity index is 331. The number of aryl methyl sites for hydroxylation is 1. The van der Waals surface area contributed by atoms with Gasteiger partial charge in [0.2, 0.25) is 0 Å². The van der Waals surface area contributed by atoms with Gasteiger partial charge in [-0.3, -0.25) is 0 Å². The van der Waals surface area contributed by atoms with Gasteiger partial charge in [0.15, 0.2) is 0 Å². The number of hydrogen-bond acceptors (Lipinski definition) is 2. The molecule has 0 aliphatic heterocycles. The maximum atomic E-state index is 5.97. The lowest BCUT2D eigenvalue weighted by Gasteiger charge is -2.25. The summed E-state index contributed by atoms with van der Waals surface area (Å²) in [5, 5.41) is 0. The van der Waals surface area contributed by atoms with Gasteiger partial charge in [-0.05, 0) is 43.1 Å². The van der Waals surface area contributed by atoms with Crippen LogP contribution in [0.15, 0.2) is 24.3 Å². The molecule has 0 saturated carbocycles. The predicted octanol–water partition coefficient (Wildman–Crippen LogP) is 4.00. The van der Waals surface area contributed by atoms with Crippen LogP contribution in [0, 0.1) is 5.92 Å². The number of rotatable bonds is 6. The van der Waals surface area contributed by atoms with Crippen molar-refractivity contribution in [2.75, 3.05) is 6.61 Å². The van der Waals surface area contributed by atoms with E-state index in [9.17, 15) is 0 Å². The van der Waals surface area contributed by atoms with E-state index in [0.29, 0.717) is 5.92 Å². The Morgan fingerprint density at radius 2 is 1.71 bits per heavy atom. The minimum absolute atomic E-state index is 0.549. The molecule has 0 unspecified atom stereocenters. The first-order chi connectivity index (χ1) is 7.93. The van der Waals surface area contributed by atoms with Crippen molar-refractivity contribution >= 4 is 8.56 Å². The largest absolute Gasteiger partial charge is 0.520 e. The third-order valence-corrected chi connectivity index (χ3v) is 4.05. The summed E-state index contributed by atoms with van der Waals surface area (Å²) >= 11 is 0. The Morgan fingerprint density at radius 3 is 2.18 bits per heavy atom. The molecule has 0 fully saturated rings. The van der Waals surface area contributed by atoms with Crippen molar-refractivity contribution < 1.29 is 8.85 Å². The third-order valence-electron chi connectivity index (χ3n) is 2.46. The van der Waals surface area contributed by atoms with Gasteiger partial charge in [-0.1, -0.05) is 32.9 Å². The molecule has 0 N–H and O–H groups in total. The van der Waals surface area contributed by atoms with Crippen molar-refractivity contribution in [1.29, 1.82) is 0 Å². The average Bonchev–Trinajstić information content (AvgIpc) is 2.27. The van der Waals surface area contributed by atoms with Crippen LogP contribution in [0.5, 0.6) is 5.75 Å². The molecule has 0 aromatic heterocycles. The van der Waals surface area contributed by atoms with Gasteiger partial charge in [-0.25, -0.2) is 0 Å². The molecule has 17 heavy (non-hydrogen) atoms. The van der Waals surface area contributed by atoms with E-state index in [-0.39, 0.29) is 0 Å². The molecule has 1 rings (SSSR count). The first-order valence-electron chi connectivity index (χ1n) is 6.35. The van der Waals surface area contributed by atoms with Crippen LogP contribution in [0.4, 0.5) is 0 Å². The second kappa shape index (κ2) is 6.22. The normalized spacial score (nSPS) is 11.9. The zero-order chi connectivity index (χ0) is 12.9. The Balaban J connectivity index is 2.56. The van der Waals surface area contributed by atoms with Gasteiger partial charge in [-0.15, -0.1) is 0 Å². The quantitative estimate of drug-likeness (QED) is 0.712. The Hall–Kier alpha value is -0.803. The summed E-state index contributed by atoms with van der Waals surface area (Å²) < 4.78 is 11.8. The van der Waals surface area contributed by atoms with E-state index in [4.69, 9.17) is 8.85 Å². The van der Waals surface area contributed by atoms with Crippen LogP contribution in [-0.2, 0) is 10.8 Å². The van der Waals surface area contributed by atoms with Crippen molar-refractivity contribution in [1.82, 2.24) is 0 Å². The maximum Gasteiger partial charge on any atom is 0.392 e. The summed E-state index contributed by atoms with van der Waals surface area (Å²) in [6, 6.07) is 8.29. The topological polar surface area (TPSA) is 18.5 Å². The van der Waals surface area contributed by atoms with Gasteiger partial charge in [0.1, 0.15) is 5.75 Å². The Kier molecular flexibility index (Phi) is 5.21. The Labute approximate surface area is 106 Å². The molecule has 2 nitrogen and oxygen atoms in total. The first kappa shape index (κ1) is 14.3. The standard InChI is InChI=1S/C14H24O2Si/c1-6-13-7-9-14(10-8-13)16-17(4,5)15-11-12(2)3/h7-10,12H,6,11H2,1-5H3. The highest BCUT2D eigenvalue weighted by Crippen LogP contribution is 2.18. The van der Waals surface area contributed by atoms with Crippen molar-refractivity contribution in [3.8, 4) is 5.75 Å². The van der Waals surface area contributed by atoms with E-state index in [2.05, 4.69) is 46.0 Å². The highest BCUT2D eigenvalue weighted by Gasteiger charge is 2.26. The minimum atomic E-state index is -2.03. The van der Waals surface area contributed by atoms with Crippen LogP contribution < -0.4 is 4.43 Å². The fraction of sp³-hybridized carbons (Fsp3) is 0.571. The van der Waals surface area contributed by atoms with Crippen molar-refractivity contribution in [2.45, 2.75) is 40.3 Å². The molecule has 0 aliphatic rings. The van der Waals surface area contributed by atoms with E-state index in [1.165, 1.54) is 5.56 Å². The molecule has 96 valence electrons. The SMILES string of the molecule is CCc1ccc(O[Si](C)(C)OCC(C)C)cc1. The summed E-state index contributed by atoms with van der Waals surface area (Å²) in [5.74, 6) is 1.47.